The summed E-state index contributed by atoms with van der Waals surface area (Å²) in [7, 11) is 0. The Bertz CT molecular complexity index is 594. The van der Waals surface area contributed by atoms with E-state index in [0.717, 1.165) is 5.56 Å². The van der Waals surface area contributed by atoms with Gasteiger partial charge in [0.15, 0.2) is 0 Å². The Morgan fingerprint density at radius 2 is 2.22 bits per heavy atom. The first kappa shape index (κ1) is 12.5. The van der Waals surface area contributed by atoms with Crippen LogP contribution >= 0.6 is 11.6 Å². The van der Waals surface area contributed by atoms with E-state index in [4.69, 9.17) is 11.6 Å². The van der Waals surface area contributed by atoms with E-state index in [0.29, 0.717) is 11.4 Å². The number of rotatable bonds is 3. The summed E-state index contributed by atoms with van der Waals surface area (Å²) in [5, 5.41) is 18.3. The number of nitro groups is 1. The monoisotopic (exact) mass is 266 g/mol. The van der Waals surface area contributed by atoms with Crippen LogP contribution < -0.4 is 0 Å². The molecule has 18 heavy (non-hydrogen) atoms. The van der Waals surface area contributed by atoms with Gasteiger partial charge in [-0.3, -0.25) is 10.1 Å². The predicted octanol–water partition coefficient (Wildman–Crippen LogP) is 2.78. The molecule has 0 saturated carbocycles. The van der Waals surface area contributed by atoms with Crippen molar-refractivity contribution in [3.8, 4) is 5.69 Å². The standard InChI is InChI=1S/C11H11ClN4O2/c1-7-3-4-9(16(17)18)5-11(7)15-6-10(8(2)12)13-14-15/h3-6,8H,1-2H3. The maximum Gasteiger partial charge on any atom is 0.271 e. The summed E-state index contributed by atoms with van der Waals surface area (Å²) in [5.41, 5.74) is 2.15. The lowest BCUT2D eigenvalue weighted by atomic mass is 10.2. The van der Waals surface area contributed by atoms with Gasteiger partial charge in [0.2, 0.25) is 0 Å². The summed E-state index contributed by atoms with van der Waals surface area (Å²) in [5.74, 6) is 0. The molecule has 0 bridgehead atoms. The van der Waals surface area contributed by atoms with E-state index >= 15 is 0 Å². The van der Waals surface area contributed by atoms with Crippen molar-refractivity contribution in [2.24, 2.45) is 0 Å². The van der Waals surface area contributed by atoms with Gasteiger partial charge in [-0.2, -0.15) is 0 Å². The summed E-state index contributed by atoms with van der Waals surface area (Å²) in [6.45, 7) is 3.64. The molecule has 0 aliphatic rings. The Hall–Kier alpha value is -1.95. The fourth-order valence-electron chi connectivity index (χ4n) is 1.53. The van der Waals surface area contributed by atoms with Crippen molar-refractivity contribution in [1.29, 1.82) is 0 Å². The SMILES string of the molecule is Cc1ccc([N+](=O)[O-])cc1-n1cc(C(C)Cl)nn1. The first-order valence-electron chi connectivity index (χ1n) is 5.31. The van der Waals surface area contributed by atoms with Crippen LogP contribution in [-0.4, -0.2) is 19.9 Å². The van der Waals surface area contributed by atoms with E-state index in [1.807, 2.05) is 6.92 Å². The summed E-state index contributed by atoms with van der Waals surface area (Å²) >= 11 is 5.90. The molecule has 0 saturated heterocycles. The molecule has 1 aromatic carbocycles. The minimum absolute atomic E-state index is 0.0200. The number of hydrogen-bond acceptors (Lipinski definition) is 4. The maximum atomic E-state index is 10.7. The second-order valence-corrected chi connectivity index (χ2v) is 4.59. The summed E-state index contributed by atoms with van der Waals surface area (Å²) in [4.78, 5) is 10.3. The van der Waals surface area contributed by atoms with Crippen LogP contribution in [0.25, 0.3) is 5.69 Å². The molecule has 1 unspecified atom stereocenters. The molecule has 2 rings (SSSR count). The molecule has 7 heteroatoms. The van der Waals surface area contributed by atoms with Gasteiger partial charge in [-0.15, -0.1) is 16.7 Å². The highest BCUT2D eigenvalue weighted by molar-refractivity contribution is 6.20. The fourth-order valence-corrected chi connectivity index (χ4v) is 1.63. The summed E-state index contributed by atoms with van der Waals surface area (Å²) in [6.07, 6.45) is 1.67. The number of nitro benzene ring substituents is 1. The molecule has 0 N–H and O–H groups in total. The van der Waals surface area contributed by atoms with Crippen molar-refractivity contribution in [3.05, 3.63) is 45.8 Å². The van der Waals surface area contributed by atoms with E-state index < -0.39 is 4.92 Å². The molecule has 6 nitrogen and oxygen atoms in total. The quantitative estimate of drug-likeness (QED) is 0.486. The lowest BCUT2D eigenvalue weighted by molar-refractivity contribution is -0.384. The average Bonchev–Trinajstić information content (AvgIpc) is 2.78. The van der Waals surface area contributed by atoms with Crippen LogP contribution in [-0.2, 0) is 0 Å². The van der Waals surface area contributed by atoms with E-state index in [2.05, 4.69) is 10.3 Å². The molecular weight excluding hydrogens is 256 g/mol. The number of aromatic nitrogens is 3. The van der Waals surface area contributed by atoms with Gasteiger partial charge < -0.3 is 0 Å². The van der Waals surface area contributed by atoms with Crippen LogP contribution in [0.15, 0.2) is 24.4 Å². The van der Waals surface area contributed by atoms with Crippen molar-refractivity contribution in [3.63, 3.8) is 0 Å². The third-order valence-corrected chi connectivity index (χ3v) is 2.79. The number of aryl methyl sites for hydroxylation is 1. The van der Waals surface area contributed by atoms with Crippen molar-refractivity contribution in [2.45, 2.75) is 19.2 Å². The van der Waals surface area contributed by atoms with Crippen LogP contribution in [0.4, 0.5) is 5.69 Å². The minimum Gasteiger partial charge on any atom is -0.258 e. The summed E-state index contributed by atoms with van der Waals surface area (Å²) < 4.78 is 1.50. The number of nitrogens with zero attached hydrogens (tertiary/aromatic N) is 4. The van der Waals surface area contributed by atoms with E-state index in [-0.39, 0.29) is 11.1 Å². The van der Waals surface area contributed by atoms with Gasteiger partial charge in [-0.1, -0.05) is 11.3 Å². The first-order chi connectivity index (χ1) is 8.49. The number of non-ortho nitro benzene ring substituents is 1. The lowest BCUT2D eigenvalue weighted by Crippen LogP contribution is -1.99. The topological polar surface area (TPSA) is 73.8 Å². The van der Waals surface area contributed by atoms with E-state index in [1.165, 1.54) is 16.8 Å². The van der Waals surface area contributed by atoms with Crippen LogP contribution in [0.5, 0.6) is 0 Å². The molecule has 0 fully saturated rings. The molecule has 0 amide bonds. The molecule has 0 aliphatic heterocycles. The van der Waals surface area contributed by atoms with Gasteiger partial charge in [0, 0.05) is 12.1 Å². The second kappa shape index (κ2) is 4.73. The lowest BCUT2D eigenvalue weighted by Gasteiger charge is -2.04. The molecule has 2 aromatic rings. The van der Waals surface area contributed by atoms with E-state index in [9.17, 15) is 10.1 Å². The van der Waals surface area contributed by atoms with Crippen molar-refractivity contribution in [2.75, 3.05) is 0 Å². The Labute approximate surface area is 108 Å². The molecular formula is C11H11ClN4O2. The van der Waals surface area contributed by atoms with Gasteiger partial charge >= 0.3 is 0 Å². The van der Waals surface area contributed by atoms with Gasteiger partial charge in [0.1, 0.15) is 5.69 Å². The molecule has 0 radical (unpaired) electrons. The zero-order valence-electron chi connectivity index (χ0n) is 9.87. The third-order valence-electron chi connectivity index (χ3n) is 2.57. The molecule has 0 aliphatic carbocycles. The Balaban J connectivity index is 2.48. The zero-order valence-corrected chi connectivity index (χ0v) is 10.6. The van der Waals surface area contributed by atoms with Crippen molar-refractivity contribution < 1.29 is 4.92 Å². The predicted molar refractivity (Wildman–Crippen MR) is 67.0 cm³/mol. The van der Waals surface area contributed by atoms with Crippen LogP contribution in [0.1, 0.15) is 23.6 Å². The first-order valence-corrected chi connectivity index (χ1v) is 5.74. The highest BCUT2D eigenvalue weighted by atomic mass is 35.5. The van der Waals surface area contributed by atoms with Gasteiger partial charge in [-0.05, 0) is 19.4 Å². The number of halogens is 1. The summed E-state index contributed by atoms with van der Waals surface area (Å²) in [6, 6.07) is 4.60. The Morgan fingerprint density at radius 1 is 1.50 bits per heavy atom. The van der Waals surface area contributed by atoms with Gasteiger partial charge in [0.05, 0.1) is 22.2 Å². The van der Waals surface area contributed by atoms with Crippen LogP contribution in [0.2, 0.25) is 0 Å². The van der Waals surface area contributed by atoms with Gasteiger partial charge in [-0.25, -0.2) is 4.68 Å². The largest absolute Gasteiger partial charge is 0.271 e. The Kier molecular flexibility index (Phi) is 3.29. The molecule has 94 valence electrons. The van der Waals surface area contributed by atoms with Crippen LogP contribution in [0, 0.1) is 17.0 Å². The fraction of sp³-hybridized carbons (Fsp3) is 0.273. The highest BCUT2D eigenvalue weighted by Crippen LogP contribution is 2.22. The highest BCUT2D eigenvalue weighted by Gasteiger charge is 2.13. The van der Waals surface area contributed by atoms with Crippen molar-refractivity contribution in [1.82, 2.24) is 15.0 Å². The number of benzene rings is 1. The minimum atomic E-state index is -0.440. The maximum absolute atomic E-state index is 10.7. The molecule has 1 aromatic heterocycles. The molecule has 0 spiro atoms. The number of hydrogen-bond donors (Lipinski definition) is 0. The average molecular weight is 267 g/mol. The second-order valence-electron chi connectivity index (χ2n) is 3.93. The van der Waals surface area contributed by atoms with Crippen LogP contribution in [0.3, 0.4) is 0 Å². The van der Waals surface area contributed by atoms with E-state index in [1.54, 1.807) is 19.2 Å². The van der Waals surface area contributed by atoms with Crippen molar-refractivity contribution >= 4 is 17.3 Å². The molecule has 1 atom stereocenters. The Morgan fingerprint density at radius 3 is 2.78 bits per heavy atom. The normalized spacial score (nSPS) is 12.4. The van der Waals surface area contributed by atoms with Gasteiger partial charge in [0.25, 0.3) is 5.69 Å². The smallest absolute Gasteiger partial charge is 0.258 e. The third kappa shape index (κ3) is 2.33. The zero-order chi connectivity index (χ0) is 13.3. The molecule has 1 heterocycles. The number of alkyl halides is 1.